The molecule has 3 nitrogen and oxygen atoms in total. The zero-order valence-electron chi connectivity index (χ0n) is 5.10. The molecule has 0 saturated carbocycles. The molecule has 4 heteroatoms. The monoisotopic (exact) mass is 176 g/mol. The van der Waals surface area contributed by atoms with E-state index in [4.69, 9.17) is 9.90 Å². The Hall–Kier alpha value is -0.848. The van der Waals surface area contributed by atoms with Crippen molar-refractivity contribution >= 4 is 11.0 Å². The van der Waals surface area contributed by atoms with Crippen LogP contribution in [-0.4, -0.2) is 16.6 Å². The first-order valence-corrected chi connectivity index (χ1v) is 3.11. The number of rotatable bonds is 0. The Bertz CT molecular complexity index is 178. The summed E-state index contributed by atoms with van der Waals surface area (Å²) in [6.07, 6.45) is 1.76. The molecule has 0 fully saturated rings. The van der Waals surface area contributed by atoms with E-state index in [1.165, 1.54) is 0 Å². The number of hydrogen-bond acceptors (Lipinski definition) is 2. The molecule has 0 unspecified atom stereocenters. The van der Waals surface area contributed by atoms with E-state index in [1.54, 1.807) is 6.20 Å². The number of pyridine rings is 1. The van der Waals surface area contributed by atoms with Crippen molar-refractivity contribution in [2.45, 2.75) is 0 Å². The maximum absolute atomic E-state index is 8.36. The molecule has 1 aromatic heterocycles. The van der Waals surface area contributed by atoms with Gasteiger partial charge in [0.2, 0.25) is 0 Å². The van der Waals surface area contributed by atoms with Gasteiger partial charge in [0.1, 0.15) is 0 Å². The van der Waals surface area contributed by atoms with Crippen LogP contribution in [0.2, 0.25) is 0 Å². The van der Waals surface area contributed by atoms with Gasteiger partial charge in [-0.1, -0.05) is 0 Å². The summed E-state index contributed by atoms with van der Waals surface area (Å²) in [7, 11) is 0. The standard InChI is InChI=1S/C5H4N.CH2O2.Cr/c1-2-4-6-5-3-1;2-1-3;/h1-4H;1H,(H,2,3);. The molecule has 53 valence electrons. The van der Waals surface area contributed by atoms with Gasteiger partial charge in [-0.05, 0) is 0 Å². The van der Waals surface area contributed by atoms with Gasteiger partial charge in [-0.3, -0.25) is 4.79 Å². The molecule has 1 aromatic rings. The Morgan fingerprint density at radius 3 is 2.40 bits per heavy atom. The first kappa shape index (κ1) is 9.15. The van der Waals surface area contributed by atoms with Gasteiger partial charge < -0.3 is 5.11 Å². The average Bonchev–Trinajstić information content (AvgIpc) is 1.91. The van der Waals surface area contributed by atoms with Crippen LogP contribution in [0.15, 0.2) is 24.4 Å². The molecule has 0 atom stereocenters. The summed E-state index contributed by atoms with van der Waals surface area (Å²) in [5, 5.41) is 6.89. The maximum atomic E-state index is 8.36. The van der Waals surface area contributed by atoms with Crippen molar-refractivity contribution in [2.24, 2.45) is 0 Å². The second-order valence-electron chi connectivity index (χ2n) is 1.27. The Balaban J connectivity index is 0.000000236. The van der Waals surface area contributed by atoms with Crippen molar-refractivity contribution < 1.29 is 26.2 Å². The van der Waals surface area contributed by atoms with Crippen LogP contribution in [0.1, 0.15) is 0 Å². The number of carbonyl (C=O) groups is 1. The Morgan fingerprint density at radius 1 is 1.60 bits per heavy atom. The molecule has 0 saturated heterocycles. The minimum atomic E-state index is -0.250. The normalized spacial score (nSPS) is 7.20. The second kappa shape index (κ2) is 6.28. The molecule has 10 heavy (non-hydrogen) atoms. The van der Waals surface area contributed by atoms with Crippen LogP contribution in [0.4, 0.5) is 0 Å². The SMILES string of the molecule is O=CO.[Cr][c]1ccccn1. The number of carboxylic acid groups (broad SMARTS) is 1. The molecule has 0 radical (unpaired) electrons. The topological polar surface area (TPSA) is 50.2 Å². The van der Waals surface area contributed by atoms with E-state index in [-0.39, 0.29) is 6.47 Å². The third-order valence-electron chi connectivity index (χ3n) is 0.638. The molecule has 1 rings (SSSR count). The quantitative estimate of drug-likeness (QED) is 0.564. The Labute approximate surface area is 67.1 Å². The van der Waals surface area contributed by atoms with Crippen LogP contribution >= 0.6 is 0 Å². The molecule has 0 aromatic carbocycles. The minimum absolute atomic E-state index is 0.250. The summed E-state index contributed by atoms with van der Waals surface area (Å²) in [4.78, 5) is 12.3. The van der Waals surface area contributed by atoms with Crippen LogP contribution in [0, 0.1) is 0 Å². The van der Waals surface area contributed by atoms with E-state index >= 15 is 0 Å². The van der Waals surface area contributed by atoms with Crippen molar-refractivity contribution in [3.63, 3.8) is 0 Å². The second-order valence-corrected chi connectivity index (χ2v) is 1.93. The van der Waals surface area contributed by atoms with Crippen molar-refractivity contribution in [1.82, 2.24) is 4.98 Å². The van der Waals surface area contributed by atoms with Gasteiger partial charge in [0.05, 0.1) is 0 Å². The fraction of sp³-hybridized carbons (Fsp3) is 0. The Morgan fingerprint density at radius 2 is 2.20 bits per heavy atom. The first-order chi connectivity index (χ1) is 4.81. The molecule has 0 aliphatic heterocycles. The third kappa shape index (κ3) is 5.29. The molecular weight excluding hydrogens is 170 g/mol. The van der Waals surface area contributed by atoms with Crippen LogP contribution in [-0.2, 0) is 21.1 Å². The van der Waals surface area contributed by atoms with Crippen LogP contribution in [0.25, 0.3) is 0 Å². The van der Waals surface area contributed by atoms with Gasteiger partial charge >= 0.3 is 50.2 Å². The zero-order valence-corrected chi connectivity index (χ0v) is 6.37. The van der Waals surface area contributed by atoms with E-state index in [0.29, 0.717) is 0 Å². The molecule has 0 spiro atoms. The molecule has 1 N–H and O–H groups in total. The summed E-state index contributed by atoms with van der Waals surface area (Å²) in [5.41, 5.74) is 0. The third-order valence-corrected chi connectivity index (χ3v) is 1.01. The molecule has 0 aliphatic carbocycles. The van der Waals surface area contributed by atoms with E-state index in [2.05, 4.69) is 21.3 Å². The van der Waals surface area contributed by atoms with Crippen molar-refractivity contribution in [3.8, 4) is 0 Å². The van der Waals surface area contributed by atoms with Crippen LogP contribution < -0.4 is 4.56 Å². The van der Waals surface area contributed by atoms with Crippen molar-refractivity contribution in [2.75, 3.05) is 0 Å². The summed E-state index contributed by atoms with van der Waals surface area (Å²) < 4.78 is 0.947. The average molecular weight is 176 g/mol. The molecule has 0 bridgehead atoms. The van der Waals surface area contributed by atoms with E-state index in [9.17, 15) is 0 Å². The molecule has 0 amide bonds. The number of aromatic nitrogens is 1. The summed E-state index contributed by atoms with van der Waals surface area (Å²) in [6.45, 7) is -0.250. The summed E-state index contributed by atoms with van der Waals surface area (Å²) in [6, 6.07) is 5.75. The van der Waals surface area contributed by atoms with Crippen molar-refractivity contribution in [1.29, 1.82) is 0 Å². The zero-order chi connectivity index (χ0) is 7.82. The summed E-state index contributed by atoms with van der Waals surface area (Å²) in [5.74, 6) is 0. The Kier molecular flexibility index (Phi) is 5.74. The molecule has 0 aliphatic rings. The number of hydrogen-bond donors (Lipinski definition) is 1. The van der Waals surface area contributed by atoms with E-state index < -0.39 is 0 Å². The van der Waals surface area contributed by atoms with Gasteiger partial charge in [-0.25, -0.2) is 0 Å². The van der Waals surface area contributed by atoms with Gasteiger partial charge in [0, 0.05) is 0 Å². The van der Waals surface area contributed by atoms with Crippen molar-refractivity contribution in [3.05, 3.63) is 24.4 Å². The van der Waals surface area contributed by atoms with Gasteiger partial charge in [0.25, 0.3) is 6.47 Å². The fourth-order valence-electron chi connectivity index (χ4n) is 0.347. The molecular formula is C6H6CrNO2. The predicted octanol–water partition coefficient (Wildman–Crippen LogP) is -0.0455. The first-order valence-electron chi connectivity index (χ1n) is 2.47. The number of nitrogens with zero attached hydrogens (tertiary/aromatic N) is 1. The predicted molar refractivity (Wildman–Crippen MR) is 32.6 cm³/mol. The van der Waals surface area contributed by atoms with E-state index in [0.717, 1.165) is 4.56 Å². The fourth-order valence-corrected chi connectivity index (χ4v) is 0.565. The van der Waals surface area contributed by atoms with Gasteiger partial charge in [0.15, 0.2) is 0 Å². The van der Waals surface area contributed by atoms with Gasteiger partial charge in [-0.15, -0.1) is 0 Å². The van der Waals surface area contributed by atoms with Crippen LogP contribution in [0.3, 0.4) is 0 Å². The van der Waals surface area contributed by atoms with Gasteiger partial charge in [-0.2, -0.15) is 0 Å². The van der Waals surface area contributed by atoms with E-state index in [1.807, 2.05) is 18.2 Å². The van der Waals surface area contributed by atoms with Crippen LogP contribution in [0.5, 0.6) is 0 Å². The molecule has 1 heterocycles. The summed E-state index contributed by atoms with van der Waals surface area (Å²) >= 11 is 2.79.